The van der Waals surface area contributed by atoms with Crippen LogP contribution in [0, 0.1) is 5.92 Å². The minimum atomic E-state index is 0.746. The summed E-state index contributed by atoms with van der Waals surface area (Å²) in [6.07, 6.45) is 1.17. The van der Waals surface area contributed by atoms with Gasteiger partial charge in [-0.15, -0.1) is 0 Å². The first-order chi connectivity index (χ1) is 6.18. The Morgan fingerprint density at radius 3 is 2.54 bits per heavy atom. The highest BCUT2D eigenvalue weighted by Crippen LogP contribution is 2.10. The minimum absolute atomic E-state index is 0.746. The van der Waals surface area contributed by atoms with Crippen molar-refractivity contribution in [1.82, 2.24) is 10.2 Å². The first-order valence-electron chi connectivity index (χ1n) is 5.28. The Kier molecular flexibility index (Phi) is 4.46. The van der Waals surface area contributed by atoms with Crippen LogP contribution < -0.4 is 5.32 Å². The van der Waals surface area contributed by atoms with Crippen LogP contribution in [0.2, 0.25) is 0 Å². The van der Waals surface area contributed by atoms with E-state index in [0.29, 0.717) is 0 Å². The second kappa shape index (κ2) is 5.40. The lowest BCUT2D eigenvalue weighted by molar-refractivity contribution is 0.256. The van der Waals surface area contributed by atoms with Crippen LogP contribution in [0.3, 0.4) is 0 Å². The zero-order valence-corrected chi connectivity index (χ0v) is 8.97. The third-order valence-electron chi connectivity index (χ3n) is 2.35. The molecule has 0 amide bonds. The van der Waals surface area contributed by atoms with E-state index < -0.39 is 0 Å². The molecule has 0 bridgehead atoms. The first-order valence-corrected chi connectivity index (χ1v) is 5.28. The molecule has 2 heteroatoms. The molecule has 0 aliphatic carbocycles. The van der Waals surface area contributed by atoms with E-state index >= 15 is 0 Å². The van der Waals surface area contributed by atoms with E-state index in [0.717, 1.165) is 25.6 Å². The summed E-state index contributed by atoms with van der Waals surface area (Å²) in [6.45, 7) is 14.4. The smallest absolute Gasteiger partial charge is 0.0191 e. The first kappa shape index (κ1) is 10.7. The van der Waals surface area contributed by atoms with Gasteiger partial charge in [0.25, 0.3) is 0 Å². The van der Waals surface area contributed by atoms with Crippen molar-refractivity contribution < 1.29 is 0 Å². The highest BCUT2D eigenvalue weighted by molar-refractivity contribution is 4.98. The van der Waals surface area contributed by atoms with Gasteiger partial charge in [0.2, 0.25) is 0 Å². The van der Waals surface area contributed by atoms with E-state index in [9.17, 15) is 0 Å². The standard InChI is InChI=1S/C11H22N2/c1-10(2)8-11(3)9-13-6-4-12-5-7-13/h10,12H,3-9H2,1-2H3. The fourth-order valence-electron chi connectivity index (χ4n) is 1.83. The van der Waals surface area contributed by atoms with Crippen LogP contribution in [0.4, 0.5) is 0 Å². The van der Waals surface area contributed by atoms with Gasteiger partial charge in [-0.25, -0.2) is 0 Å². The molecule has 1 aliphatic rings. The normalized spacial score (nSPS) is 19.3. The maximum Gasteiger partial charge on any atom is 0.0191 e. The predicted octanol–water partition coefficient (Wildman–Crippen LogP) is 1.49. The van der Waals surface area contributed by atoms with Gasteiger partial charge in [-0.05, 0) is 12.3 Å². The van der Waals surface area contributed by atoms with Gasteiger partial charge in [0.05, 0.1) is 0 Å². The molecule has 0 aromatic carbocycles. The number of nitrogens with one attached hydrogen (secondary N) is 1. The quantitative estimate of drug-likeness (QED) is 0.663. The van der Waals surface area contributed by atoms with Crippen LogP contribution in [0.5, 0.6) is 0 Å². The van der Waals surface area contributed by atoms with Crippen molar-refractivity contribution >= 4 is 0 Å². The van der Waals surface area contributed by atoms with Gasteiger partial charge in [-0.2, -0.15) is 0 Å². The maximum absolute atomic E-state index is 4.13. The fraction of sp³-hybridized carbons (Fsp3) is 0.818. The number of nitrogens with zero attached hydrogens (tertiary/aromatic N) is 1. The third kappa shape index (κ3) is 4.44. The van der Waals surface area contributed by atoms with Crippen LogP contribution >= 0.6 is 0 Å². The summed E-state index contributed by atoms with van der Waals surface area (Å²) in [5.41, 5.74) is 1.39. The lowest BCUT2D eigenvalue weighted by Crippen LogP contribution is -2.44. The Hall–Kier alpha value is -0.340. The average molecular weight is 182 g/mol. The second-order valence-electron chi connectivity index (χ2n) is 4.37. The van der Waals surface area contributed by atoms with Crippen molar-refractivity contribution in [3.8, 4) is 0 Å². The SMILES string of the molecule is C=C(CC(C)C)CN1CCNCC1. The fourth-order valence-corrected chi connectivity index (χ4v) is 1.83. The van der Waals surface area contributed by atoms with Gasteiger partial charge < -0.3 is 5.32 Å². The van der Waals surface area contributed by atoms with Crippen molar-refractivity contribution in [2.24, 2.45) is 5.92 Å². The average Bonchev–Trinajstić information content (AvgIpc) is 2.04. The van der Waals surface area contributed by atoms with E-state index in [-0.39, 0.29) is 0 Å². The van der Waals surface area contributed by atoms with E-state index in [4.69, 9.17) is 0 Å². The van der Waals surface area contributed by atoms with Crippen LogP contribution in [0.15, 0.2) is 12.2 Å². The molecule has 1 fully saturated rings. The molecule has 0 aromatic heterocycles. The number of hydrogen-bond acceptors (Lipinski definition) is 2. The second-order valence-corrected chi connectivity index (χ2v) is 4.37. The van der Waals surface area contributed by atoms with Crippen molar-refractivity contribution in [2.45, 2.75) is 20.3 Å². The van der Waals surface area contributed by atoms with Crippen molar-refractivity contribution in [2.75, 3.05) is 32.7 Å². The van der Waals surface area contributed by atoms with Crippen molar-refractivity contribution in [3.05, 3.63) is 12.2 Å². The lowest BCUT2D eigenvalue weighted by atomic mass is 10.0. The van der Waals surface area contributed by atoms with Gasteiger partial charge >= 0.3 is 0 Å². The number of hydrogen-bond donors (Lipinski definition) is 1. The summed E-state index contributed by atoms with van der Waals surface area (Å²) < 4.78 is 0. The largest absolute Gasteiger partial charge is 0.314 e. The molecular formula is C11H22N2. The molecule has 0 radical (unpaired) electrons. The van der Waals surface area contributed by atoms with Crippen LogP contribution in [-0.4, -0.2) is 37.6 Å². The topological polar surface area (TPSA) is 15.3 Å². The molecule has 1 saturated heterocycles. The van der Waals surface area contributed by atoms with E-state index in [2.05, 4.69) is 30.6 Å². The molecule has 0 atom stereocenters. The van der Waals surface area contributed by atoms with E-state index in [1.54, 1.807) is 0 Å². The van der Waals surface area contributed by atoms with Crippen LogP contribution in [0.1, 0.15) is 20.3 Å². The van der Waals surface area contributed by atoms with Gasteiger partial charge in [0, 0.05) is 32.7 Å². The Bertz CT molecular complexity index is 157. The van der Waals surface area contributed by atoms with E-state index in [1.807, 2.05) is 0 Å². The lowest BCUT2D eigenvalue weighted by Gasteiger charge is -2.28. The number of rotatable bonds is 4. The Morgan fingerprint density at radius 1 is 1.38 bits per heavy atom. The van der Waals surface area contributed by atoms with Gasteiger partial charge in [0.15, 0.2) is 0 Å². The maximum atomic E-state index is 4.13. The zero-order chi connectivity index (χ0) is 9.68. The molecule has 0 aromatic rings. The summed E-state index contributed by atoms with van der Waals surface area (Å²) in [7, 11) is 0. The van der Waals surface area contributed by atoms with Crippen LogP contribution in [-0.2, 0) is 0 Å². The molecule has 1 heterocycles. The summed E-state index contributed by atoms with van der Waals surface area (Å²) in [4.78, 5) is 2.49. The summed E-state index contributed by atoms with van der Waals surface area (Å²) in [6, 6.07) is 0. The third-order valence-corrected chi connectivity index (χ3v) is 2.35. The van der Waals surface area contributed by atoms with Gasteiger partial charge in [0.1, 0.15) is 0 Å². The highest BCUT2D eigenvalue weighted by atomic mass is 15.2. The molecule has 1 N–H and O–H groups in total. The zero-order valence-electron chi connectivity index (χ0n) is 8.97. The Morgan fingerprint density at radius 2 is 2.00 bits per heavy atom. The van der Waals surface area contributed by atoms with Crippen molar-refractivity contribution in [3.63, 3.8) is 0 Å². The van der Waals surface area contributed by atoms with Crippen molar-refractivity contribution in [1.29, 1.82) is 0 Å². The predicted molar refractivity (Wildman–Crippen MR) is 57.9 cm³/mol. The summed E-state index contributed by atoms with van der Waals surface area (Å²) in [5, 5.41) is 3.36. The Labute approximate surface area is 82.0 Å². The van der Waals surface area contributed by atoms with Crippen LogP contribution in [0.25, 0.3) is 0 Å². The Balaban J connectivity index is 2.18. The molecule has 2 nitrogen and oxygen atoms in total. The summed E-state index contributed by atoms with van der Waals surface area (Å²) in [5.74, 6) is 0.746. The summed E-state index contributed by atoms with van der Waals surface area (Å²) >= 11 is 0. The van der Waals surface area contributed by atoms with Gasteiger partial charge in [-0.3, -0.25) is 4.90 Å². The highest BCUT2D eigenvalue weighted by Gasteiger charge is 2.10. The molecule has 0 unspecified atom stereocenters. The molecular weight excluding hydrogens is 160 g/mol. The molecule has 1 rings (SSSR count). The molecule has 0 saturated carbocycles. The molecule has 0 spiro atoms. The molecule has 13 heavy (non-hydrogen) atoms. The monoisotopic (exact) mass is 182 g/mol. The molecule has 1 aliphatic heterocycles. The van der Waals surface area contributed by atoms with E-state index in [1.165, 1.54) is 25.1 Å². The molecule has 76 valence electrons. The van der Waals surface area contributed by atoms with Gasteiger partial charge in [-0.1, -0.05) is 26.0 Å². The number of piperazine rings is 1. The minimum Gasteiger partial charge on any atom is -0.314 e.